The van der Waals surface area contributed by atoms with Crippen LogP contribution < -0.4 is 10.6 Å². The van der Waals surface area contributed by atoms with Crippen molar-refractivity contribution < 1.29 is 14.4 Å². The van der Waals surface area contributed by atoms with Gasteiger partial charge in [-0.3, -0.25) is 14.4 Å². The third-order valence-electron chi connectivity index (χ3n) is 5.31. The maximum Gasteiger partial charge on any atom is 0.246 e. The molecule has 0 saturated carbocycles. The van der Waals surface area contributed by atoms with E-state index in [0.717, 1.165) is 30.5 Å². The molecule has 3 amide bonds. The molecule has 28 heavy (non-hydrogen) atoms. The summed E-state index contributed by atoms with van der Waals surface area (Å²) in [6.45, 7) is 0.370. The van der Waals surface area contributed by atoms with Gasteiger partial charge in [0, 0.05) is 12.2 Å². The average Bonchev–Trinajstić information content (AvgIpc) is 3.16. The second-order valence-electron chi connectivity index (χ2n) is 7.35. The van der Waals surface area contributed by atoms with Crippen molar-refractivity contribution in [3.05, 3.63) is 65.2 Å². The first-order chi connectivity index (χ1) is 13.6. The minimum Gasteiger partial charge on any atom is -0.342 e. The van der Waals surface area contributed by atoms with E-state index in [0.29, 0.717) is 6.54 Å². The second-order valence-corrected chi connectivity index (χ2v) is 7.35. The average molecular weight is 377 g/mol. The molecule has 1 fully saturated rings. The van der Waals surface area contributed by atoms with Crippen LogP contribution in [0.25, 0.3) is 0 Å². The topological polar surface area (TPSA) is 78.5 Å². The quantitative estimate of drug-likeness (QED) is 0.837. The van der Waals surface area contributed by atoms with Crippen LogP contribution in [0.15, 0.2) is 48.5 Å². The summed E-state index contributed by atoms with van der Waals surface area (Å²) in [5, 5.41) is 5.59. The smallest absolute Gasteiger partial charge is 0.246 e. The summed E-state index contributed by atoms with van der Waals surface area (Å²) >= 11 is 0. The minimum absolute atomic E-state index is 0.0119. The van der Waals surface area contributed by atoms with Crippen LogP contribution in [0.4, 0.5) is 5.69 Å². The Morgan fingerprint density at radius 2 is 1.89 bits per heavy atom. The molecule has 144 valence electrons. The molecular weight excluding hydrogens is 354 g/mol. The third-order valence-corrected chi connectivity index (χ3v) is 5.31. The second kappa shape index (κ2) is 7.84. The fourth-order valence-electron chi connectivity index (χ4n) is 3.97. The predicted octanol–water partition coefficient (Wildman–Crippen LogP) is 2.03. The molecule has 6 heteroatoms. The molecular formula is C22H23N3O3. The molecule has 1 heterocycles. The highest BCUT2D eigenvalue weighted by Gasteiger charge is 2.34. The number of carbonyl (C=O) groups is 3. The molecule has 2 aromatic carbocycles. The molecule has 6 nitrogen and oxygen atoms in total. The number of anilines is 1. The lowest BCUT2D eigenvalue weighted by Gasteiger charge is -2.32. The van der Waals surface area contributed by atoms with Crippen molar-refractivity contribution in [1.82, 2.24) is 10.2 Å². The zero-order valence-electron chi connectivity index (χ0n) is 15.6. The van der Waals surface area contributed by atoms with Crippen molar-refractivity contribution >= 4 is 23.4 Å². The molecule has 4 rings (SSSR count). The molecule has 1 aliphatic carbocycles. The van der Waals surface area contributed by atoms with E-state index < -0.39 is 6.04 Å². The molecule has 1 saturated heterocycles. The monoisotopic (exact) mass is 377 g/mol. The highest BCUT2D eigenvalue weighted by molar-refractivity contribution is 6.00. The van der Waals surface area contributed by atoms with E-state index in [4.69, 9.17) is 0 Å². The lowest BCUT2D eigenvalue weighted by molar-refractivity contribution is -0.145. The molecule has 0 spiro atoms. The zero-order valence-corrected chi connectivity index (χ0v) is 15.6. The summed E-state index contributed by atoms with van der Waals surface area (Å²) in [5.74, 6) is -0.730. The van der Waals surface area contributed by atoms with Gasteiger partial charge in [-0.05, 0) is 42.0 Å². The molecule has 1 aliphatic heterocycles. The molecule has 0 radical (unpaired) electrons. The van der Waals surface area contributed by atoms with E-state index in [1.165, 1.54) is 16.0 Å². The van der Waals surface area contributed by atoms with Crippen LogP contribution in [0.3, 0.4) is 0 Å². The van der Waals surface area contributed by atoms with Gasteiger partial charge in [0.2, 0.25) is 17.7 Å². The number of rotatable bonds is 5. The summed E-state index contributed by atoms with van der Waals surface area (Å²) < 4.78 is 0. The van der Waals surface area contributed by atoms with E-state index in [-0.39, 0.29) is 30.7 Å². The molecule has 0 unspecified atom stereocenters. The van der Waals surface area contributed by atoms with Crippen LogP contribution in [0.1, 0.15) is 29.5 Å². The minimum atomic E-state index is -0.832. The van der Waals surface area contributed by atoms with Crippen molar-refractivity contribution in [2.75, 3.05) is 11.9 Å². The maximum atomic E-state index is 12.8. The van der Waals surface area contributed by atoms with Crippen molar-refractivity contribution in [2.45, 2.75) is 38.3 Å². The van der Waals surface area contributed by atoms with E-state index in [1.54, 1.807) is 0 Å². The summed E-state index contributed by atoms with van der Waals surface area (Å²) in [5.41, 5.74) is 4.22. The third kappa shape index (κ3) is 3.91. The van der Waals surface area contributed by atoms with Crippen molar-refractivity contribution in [3.8, 4) is 0 Å². The van der Waals surface area contributed by atoms with Crippen LogP contribution in [0, 0.1) is 0 Å². The standard InChI is InChI=1S/C22H23N3O3/c26-20(23-18-11-5-9-16-8-4-10-17(16)18)12-19-22(28)25(14-21(27)24-19)13-15-6-2-1-3-7-15/h1-3,5-7,9,11,19H,4,8,10,12-14H2,(H,23,26)(H,24,27)/t19-/m1/s1. The largest absolute Gasteiger partial charge is 0.342 e. The summed E-state index contributed by atoms with van der Waals surface area (Å²) in [7, 11) is 0. The van der Waals surface area contributed by atoms with Crippen molar-refractivity contribution in [2.24, 2.45) is 0 Å². The van der Waals surface area contributed by atoms with E-state index >= 15 is 0 Å². The van der Waals surface area contributed by atoms with E-state index in [2.05, 4.69) is 16.7 Å². The molecule has 2 aromatic rings. The normalized spacial score (nSPS) is 18.6. The lowest BCUT2D eigenvalue weighted by Crippen LogP contribution is -2.58. The number of hydrogen-bond donors (Lipinski definition) is 2. The van der Waals surface area contributed by atoms with Crippen LogP contribution in [-0.2, 0) is 33.8 Å². The van der Waals surface area contributed by atoms with Crippen LogP contribution in [0.2, 0.25) is 0 Å². The molecule has 2 N–H and O–H groups in total. The maximum absolute atomic E-state index is 12.8. The SMILES string of the molecule is O=C(C[C@H]1NC(=O)CN(Cc2ccccc2)C1=O)Nc1cccc2c1CCC2. The molecule has 2 aliphatic rings. The highest BCUT2D eigenvalue weighted by atomic mass is 16.2. The predicted molar refractivity (Wildman–Crippen MR) is 106 cm³/mol. The Morgan fingerprint density at radius 1 is 1.07 bits per heavy atom. The van der Waals surface area contributed by atoms with Gasteiger partial charge in [-0.1, -0.05) is 42.5 Å². The molecule has 0 bridgehead atoms. The lowest BCUT2D eigenvalue weighted by atomic mass is 10.1. The Bertz CT molecular complexity index is 910. The fourth-order valence-corrected chi connectivity index (χ4v) is 3.97. The number of fused-ring (bicyclic) bond motifs is 1. The Balaban J connectivity index is 1.42. The van der Waals surface area contributed by atoms with Gasteiger partial charge in [0.25, 0.3) is 0 Å². The first-order valence-corrected chi connectivity index (χ1v) is 9.63. The van der Waals surface area contributed by atoms with Gasteiger partial charge in [-0.15, -0.1) is 0 Å². The summed E-state index contributed by atoms with van der Waals surface area (Å²) in [6, 6.07) is 14.6. The number of amides is 3. The molecule has 0 aromatic heterocycles. The fraction of sp³-hybridized carbons (Fsp3) is 0.318. The number of nitrogens with zero attached hydrogens (tertiary/aromatic N) is 1. The molecule has 1 atom stereocenters. The van der Waals surface area contributed by atoms with E-state index in [1.807, 2.05) is 42.5 Å². The zero-order chi connectivity index (χ0) is 19.5. The van der Waals surface area contributed by atoms with Gasteiger partial charge < -0.3 is 15.5 Å². The number of hydrogen-bond acceptors (Lipinski definition) is 3. The van der Waals surface area contributed by atoms with Crippen LogP contribution in [-0.4, -0.2) is 35.2 Å². The number of nitrogens with one attached hydrogen (secondary N) is 2. The summed E-state index contributed by atoms with van der Waals surface area (Å²) in [4.78, 5) is 38.9. The summed E-state index contributed by atoms with van der Waals surface area (Å²) in [6.07, 6.45) is 3.01. The highest BCUT2D eigenvalue weighted by Crippen LogP contribution is 2.28. The number of carbonyl (C=O) groups excluding carboxylic acids is 3. The van der Waals surface area contributed by atoms with Crippen LogP contribution in [0.5, 0.6) is 0 Å². The Hall–Kier alpha value is -3.15. The number of aryl methyl sites for hydroxylation is 1. The number of benzene rings is 2. The van der Waals surface area contributed by atoms with Gasteiger partial charge in [0.1, 0.15) is 6.04 Å². The first kappa shape index (κ1) is 18.2. The van der Waals surface area contributed by atoms with Gasteiger partial charge >= 0.3 is 0 Å². The Labute approximate surface area is 163 Å². The van der Waals surface area contributed by atoms with Gasteiger partial charge in [-0.25, -0.2) is 0 Å². The first-order valence-electron chi connectivity index (χ1n) is 9.63. The Morgan fingerprint density at radius 3 is 2.71 bits per heavy atom. The van der Waals surface area contributed by atoms with Crippen molar-refractivity contribution in [1.29, 1.82) is 0 Å². The van der Waals surface area contributed by atoms with Gasteiger partial charge in [-0.2, -0.15) is 0 Å². The van der Waals surface area contributed by atoms with Gasteiger partial charge in [0.15, 0.2) is 0 Å². The number of piperazine rings is 1. The van der Waals surface area contributed by atoms with E-state index in [9.17, 15) is 14.4 Å². The Kier molecular flexibility index (Phi) is 5.10. The van der Waals surface area contributed by atoms with Gasteiger partial charge in [0.05, 0.1) is 13.0 Å². The van der Waals surface area contributed by atoms with Crippen LogP contribution >= 0.6 is 0 Å². The van der Waals surface area contributed by atoms with Crippen molar-refractivity contribution in [3.63, 3.8) is 0 Å².